The first-order valence-electron chi connectivity index (χ1n) is 6.89. The summed E-state index contributed by atoms with van der Waals surface area (Å²) < 4.78 is 1.65. The summed E-state index contributed by atoms with van der Waals surface area (Å²) in [6, 6.07) is 6.12. The quantitative estimate of drug-likeness (QED) is 0.836. The second-order valence-corrected chi connectivity index (χ2v) is 5.37. The predicted octanol–water partition coefficient (Wildman–Crippen LogP) is 1.61. The lowest BCUT2D eigenvalue weighted by atomic mass is 9.96. The number of nitrogens with one attached hydrogen (secondary N) is 1. The van der Waals surface area contributed by atoms with E-state index in [2.05, 4.69) is 53.7 Å². The molecule has 6 heteroatoms. The maximum Gasteiger partial charge on any atom is 0.143 e. The van der Waals surface area contributed by atoms with Crippen molar-refractivity contribution in [1.29, 1.82) is 0 Å². The number of rotatable bonds is 6. The van der Waals surface area contributed by atoms with E-state index in [0.717, 1.165) is 17.9 Å². The van der Waals surface area contributed by atoms with Crippen LogP contribution < -0.4 is 11.1 Å². The lowest BCUT2D eigenvalue weighted by molar-refractivity contribution is 0.413. The second-order valence-electron chi connectivity index (χ2n) is 5.37. The topological polar surface area (TPSA) is 81.7 Å². The van der Waals surface area contributed by atoms with Crippen LogP contribution in [0.25, 0.3) is 5.69 Å². The fourth-order valence-corrected chi connectivity index (χ4v) is 2.05. The molecule has 0 amide bonds. The third-order valence-corrected chi connectivity index (χ3v) is 3.63. The molecule has 2 rings (SSSR count). The molecule has 1 heterocycles. The van der Waals surface area contributed by atoms with Crippen LogP contribution in [-0.2, 0) is 0 Å². The van der Waals surface area contributed by atoms with Gasteiger partial charge in [0, 0.05) is 12.2 Å². The molecule has 0 spiro atoms. The van der Waals surface area contributed by atoms with E-state index in [1.165, 1.54) is 5.56 Å². The Hall–Kier alpha value is -1.95. The molecule has 0 saturated heterocycles. The molecular formula is C14H22N6. The van der Waals surface area contributed by atoms with Crippen LogP contribution in [0.2, 0.25) is 0 Å². The highest BCUT2D eigenvalue weighted by Gasteiger charge is 2.12. The van der Waals surface area contributed by atoms with Gasteiger partial charge in [-0.3, -0.25) is 0 Å². The average Bonchev–Trinajstić information content (AvgIpc) is 2.95. The molecule has 0 aliphatic rings. The van der Waals surface area contributed by atoms with Crippen molar-refractivity contribution in [3.63, 3.8) is 0 Å². The van der Waals surface area contributed by atoms with E-state index in [4.69, 9.17) is 5.73 Å². The van der Waals surface area contributed by atoms with E-state index in [9.17, 15) is 0 Å². The number of hydrogen-bond acceptors (Lipinski definition) is 5. The van der Waals surface area contributed by atoms with E-state index in [-0.39, 0.29) is 0 Å². The Balaban J connectivity index is 2.13. The zero-order valence-corrected chi connectivity index (χ0v) is 12.2. The Morgan fingerprint density at radius 1 is 1.35 bits per heavy atom. The van der Waals surface area contributed by atoms with Crippen molar-refractivity contribution in [2.75, 3.05) is 18.4 Å². The van der Waals surface area contributed by atoms with Crippen molar-refractivity contribution in [3.8, 4) is 5.69 Å². The molecule has 1 atom stereocenters. The lowest BCUT2D eigenvalue weighted by Crippen LogP contribution is -2.27. The largest absolute Gasteiger partial charge is 0.384 e. The average molecular weight is 274 g/mol. The summed E-state index contributed by atoms with van der Waals surface area (Å²) in [4.78, 5) is 0. The van der Waals surface area contributed by atoms with Crippen LogP contribution in [0.4, 0.5) is 5.69 Å². The minimum absolute atomic E-state index is 0.464. The van der Waals surface area contributed by atoms with Gasteiger partial charge in [-0.25, -0.2) is 4.68 Å². The fraction of sp³-hybridized carbons (Fsp3) is 0.500. The van der Waals surface area contributed by atoms with Crippen molar-refractivity contribution in [3.05, 3.63) is 30.1 Å². The normalized spacial score (nSPS) is 12.7. The first-order chi connectivity index (χ1) is 9.61. The maximum atomic E-state index is 5.81. The molecule has 0 radical (unpaired) electrons. The van der Waals surface area contributed by atoms with Gasteiger partial charge in [-0.1, -0.05) is 19.9 Å². The molecule has 0 aliphatic heterocycles. The Kier molecular flexibility index (Phi) is 4.68. The lowest BCUT2D eigenvalue weighted by Gasteiger charge is -2.21. The molecule has 1 unspecified atom stereocenters. The van der Waals surface area contributed by atoms with Gasteiger partial charge in [0.15, 0.2) is 0 Å². The summed E-state index contributed by atoms with van der Waals surface area (Å²) >= 11 is 0. The maximum absolute atomic E-state index is 5.81. The Morgan fingerprint density at radius 3 is 2.75 bits per heavy atom. The number of anilines is 1. The van der Waals surface area contributed by atoms with Crippen molar-refractivity contribution in [1.82, 2.24) is 20.2 Å². The SMILES string of the molecule is Cc1ccc(-n2cnnn2)cc1NCC(CN)C(C)C. The van der Waals surface area contributed by atoms with Crippen molar-refractivity contribution in [2.45, 2.75) is 20.8 Å². The van der Waals surface area contributed by atoms with Crippen LogP contribution in [0.3, 0.4) is 0 Å². The van der Waals surface area contributed by atoms with Gasteiger partial charge in [-0.15, -0.1) is 5.10 Å². The molecule has 108 valence electrons. The minimum Gasteiger partial charge on any atom is -0.384 e. The predicted molar refractivity (Wildman–Crippen MR) is 79.8 cm³/mol. The molecule has 6 nitrogen and oxygen atoms in total. The summed E-state index contributed by atoms with van der Waals surface area (Å²) in [5.74, 6) is 1.03. The van der Waals surface area contributed by atoms with E-state index in [0.29, 0.717) is 18.4 Å². The Labute approximate surface area is 119 Å². The second kappa shape index (κ2) is 6.47. The number of aromatic nitrogens is 4. The molecule has 3 N–H and O–H groups in total. The van der Waals surface area contributed by atoms with E-state index < -0.39 is 0 Å². The Morgan fingerprint density at radius 2 is 2.15 bits per heavy atom. The van der Waals surface area contributed by atoms with Crippen molar-refractivity contribution < 1.29 is 0 Å². The van der Waals surface area contributed by atoms with Gasteiger partial charge in [0.2, 0.25) is 0 Å². The molecule has 1 aromatic carbocycles. The van der Waals surface area contributed by atoms with Gasteiger partial charge < -0.3 is 11.1 Å². The first kappa shape index (κ1) is 14.5. The summed E-state index contributed by atoms with van der Waals surface area (Å²) in [6.45, 7) is 8.04. The van der Waals surface area contributed by atoms with Crippen molar-refractivity contribution >= 4 is 5.69 Å². The number of nitrogens with two attached hydrogens (primary N) is 1. The standard InChI is InChI=1S/C14H22N6/c1-10(2)12(7-15)8-16-14-6-13(5-4-11(14)3)20-9-17-18-19-20/h4-6,9-10,12,16H,7-8,15H2,1-3H3. The minimum atomic E-state index is 0.464. The number of hydrogen-bond donors (Lipinski definition) is 2. The number of benzene rings is 1. The monoisotopic (exact) mass is 274 g/mol. The summed E-state index contributed by atoms with van der Waals surface area (Å²) in [7, 11) is 0. The highest BCUT2D eigenvalue weighted by molar-refractivity contribution is 5.56. The van der Waals surface area contributed by atoms with Crippen LogP contribution in [0.1, 0.15) is 19.4 Å². The molecule has 0 bridgehead atoms. The van der Waals surface area contributed by atoms with Gasteiger partial charge in [-0.05, 0) is 53.4 Å². The van der Waals surface area contributed by atoms with Crippen LogP contribution in [-0.4, -0.2) is 33.3 Å². The van der Waals surface area contributed by atoms with E-state index in [1.807, 2.05) is 6.07 Å². The highest BCUT2D eigenvalue weighted by atomic mass is 15.5. The molecule has 0 fully saturated rings. The number of tetrazole rings is 1. The molecular weight excluding hydrogens is 252 g/mol. The zero-order valence-electron chi connectivity index (χ0n) is 12.2. The van der Waals surface area contributed by atoms with Crippen LogP contribution in [0, 0.1) is 18.8 Å². The number of nitrogens with zero attached hydrogens (tertiary/aromatic N) is 4. The van der Waals surface area contributed by atoms with Gasteiger partial charge in [0.05, 0.1) is 5.69 Å². The summed E-state index contributed by atoms with van der Waals surface area (Å²) in [5.41, 5.74) is 9.04. The number of aryl methyl sites for hydroxylation is 1. The smallest absolute Gasteiger partial charge is 0.143 e. The molecule has 0 aliphatic carbocycles. The molecule has 0 saturated carbocycles. The third kappa shape index (κ3) is 3.33. The van der Waals surface area contributed by atoms with Crippen molar-refractivity contribution in [2.24, 2.45) is 17.6 Å². The van der Waals surface area contributed by atoms with Gasteiger partial charge in [-0.2, -0.15) is 0 Å². The fourth-order valence-electron chi connectivity index (χ4n) is 2.05. The highest BCUT2D eigenvalue weighted by Crippen LogP contribution is 2.20. The third-order valence-electron chi connectivity index (χ3n) is 3.63. The van der Waals surface area contributed by atoms with Gasteiger partial charge >= 0.3 is 0 Å². The van der Waals surface area contributed by atoms with E-state index >= 15 is 0 Å². The summed E-state index contributed by atoms with van der Waals surface area (Å²) in [6.07, 6.45) is 1.59. The molecule has 20 heavy (non-hydrogen) atoms. The van der Waals surface area contributed by atoms with Gasteiger partial charge in [0.1, 0.15) is 6.33 Å². The van der Waals surface area contributed by atoms with Gasteiger partial charge in [0.25, 0.3) is 0 Å². The van der Waals surface area contributed by atoms with E-state index in [1.54, 1.807) is 11.0 Å². The first-order valence-corrected chi connectivity index (χ1v) is 6.89. The summed E-state index contributed by atoms with van der Waals surface area (Å²) in [5, 5.41) is 14.7. The molecule has 2 aromatic rings. The molecule has 1 aromatic heterocycles. The zero-order chi connectivity index (χ0) is 14.5. The van der Waals surface area contributed by atoms with Crippen LogP contribution in [0.15, 0.2) is 24.5 Å². The Bertz CT molecular complexity index is 535. The van der Waals surface area contributed by atoms with Crippen LogP contribution >= 0.6 is 0 Å². The van der Waals surface area contributed by atoms with Crippen LogP contribution in [0.5, 0.6) is 0 Å².